The topological polar surface area (TPSA) is 72.5 Å². The minimum atomic E-state index is -2.59. The molecule has 58 heavy (non-hydrogen) atoms. The van der Waals surface area contributed by atoms with E-state index in [1.54, 1.807) is 0 Å². The van der Waals surface area contributed by atoms with Crippen LogP contribution in [0.15, 0.2) is 0 Å². The molecule has 1 aliphatic heterocycles. The number of carbonyl (C=O) groups excluding carboxylic acids is 1. The molecule has 10 heteroatoms. The van der Waals surface area contributed by atoms with E-state index in [1.807, 2.05) is 20.8 Å². The molecule has 7 nitrogen and oxygen atoms in total. The fourth-order valence-corrected chi connectivity index (χ4v) is 28.9. The number of carbonyl (C=O) groups is 1. The number of ether oxygens (including phenoxy) is 3. The van der Waals surface area contributed by atoms with Crippen LogP contribution < -0.4 is 0 Å². The van der Waals surface area contributed by atoms with Crippen molar-refractivity contribution in [2.75, 3.05) is 6.61 Å². The monoisotopic (exact) mass is 871 g/mol. The van der Waals surface area contributed by atoms with E-state index in [9.17, 15) is 4.79 Å². The molecule has 1 saturated heterocycles. The number of esters is 1. The zero-order valence-electron chi connectivity index (χ0n) is 42.6. The van der Waals surface area contributed by atoms with Crippen LogP contribution in [0.25, 0.3) is 0 Å². The van der Waals surface area contributed by atoms with E-state index in [2.05, 4.69) is 145 Å². The molecule has 0 aromatic heterocycles. The molecule has 1 aliphatic carbocycles. The maximum atomic E-state index is 13.6. The summed E-state index contributed by atoms with van der Waals surface area (Å²) in [5, 5.41) is 0. The molecule has 0 radical (unpaired) electrons. The predicted octanol–water partition coefficient (Wildman–Crippen LogP) is 14.5. The second-order valence-corrected chi connectivity index (χ2v) is 39.3. The Morgan fingerprint density at radius 3 is 1.28 bits per heavy atom. The third-order valence-corrected chi connectivity index (χ3v) is 33.3. The average molecular weight is 872 g/mol. The van der Waals surface area contributed by atoms with Crippen molar-refractivity contribution in [2.24, 2.45) is 23.2 Å². The van der Waals surface area contributed by atoms with E-state index in [0.29, 0.717) is 67.6 Å². The van der Waals surface area contributed by atoms with E-state index < -0.39 is 61.1 Å². The van der Waals surface area contributed by atoms with Crippen molar-refractivity contribution < 1.29 is 32.3 Å². The van der Waals surface area contributed by atoms with Crippen molar-refractivity contribution in [3.8, 4) is 0 Å². The Balaban J connectivity index is 3.21. The minimum Gasteiger partial charge on any atom is -0.462 e. The maximum absolute atomic E-state index is 13.6. The lowest BCUT2D eigenvalue weighted by atomic mass is 9.75. The molecule has 0 N–H and O–H groups in total. The highest BCUT2D eigenvalue weighted by atomic mass is 28.4. The van der Waals surface area contributed by atoms with Gasteiger partial charge < -0.3 is 27.5 Å². The number of rotatable bonds is 20. The van der Waals surface area contributed by atoms with Crippen LogP contribution in [-0.4, -0.2) is 74.3 Å². The van der Waals surface area contributed by atoms with E-state index in [4.69, 9.17) is 27.5 Å². The first-order valence-electron chi connectivity index (χ1n) is 24.0. The quantitative estimate of drug-likeness (QED) is 0.0891. The first kappa shape index (κ1) is 54.1. The Kier molecular flexibility index (Phi) is 20.1. The van der Waals surface area contributed by atoms with Gasteiger partial charge in [-0.1, -0.05) is 152 Å². The molecule has 0 aromatic rings. The van der Waals surface area contributed by atoms with Crippen molar-refractivity contribution in [3.63, 3.8) is 0 Å². The molecule has 0 aromatic carbocycles. The summed E-state index contributed by atoms with van der Waals surface area (Å²) in [6.45, 7) is 55.4. The minimum absolute atomic E-state index is 0.0155. The average Bonchev–Trinajstić information content (AvgIpc) is 3.06. The lowest BCUT2D eigenvalue weighted by molar-refractivity contribution is -0.312. The van der Waals surface area contributed by atoms with Crippen LogP contribution in [0.2, 0.25) is 49.9 Å². The normalized spacial score (nSPS) is 27.3. The van der Waals surface area contributed by atoms with Crippen LogP contribution in [-0.2, 0) is 32.3 Å². The van der Waals surface area contributed by atoms with Gasteiger partial charge in [0.2, 0.25) is 25.0 Å². The molecule has 0 amide bonds. The van der Waals surface area contributed by atoms with Crippen LogP contribution in [0.4, 0.5) is 0 Å². The van der Waals surface area contributed by atoms with Crippen LogP contribution in [0.3, 0.4) is 0 Å². The van der Waals surface area contributed by atoms with E-state index in [0.717, 1.165) is 12.8 Å². The first-order valence-corrected chi connectivity index (χ1v) is 30.4. The fraction of sp³-hybridized carbons (Fsp3) is 0.979. The first-order chi connectivity index (χ1) is 26.5. The second kappa shape index (κ2) is 21.5. The van der Waals surface area contributed by atoms with E-state index in [-0.39, 0.29) is 18.7 Å². The highest BCUT2D eigenvalue weighted by Gasteiger charge is 2.61. The van der Waals surface area contributed by atoms with Crippen molar-refractivity contribution >= 4 is 30.9 Å². The Bertz CT molecular complexity index is 1170. The van der Waals surface area contributed by atoms with Gasteiger partial charge in [-0.15, -0.1) is 0 Å². The maximum Gasteiger partial charge on any atom is 0.311 e. The predicted molar refractivity (Wildman–Crippen MR) is 253 cm³/mol. The summed E-state index contributed by atoms with van der Waals surface area (Å²) in [7, 11) is -7.73. The Morgan fingerprint density at radius 2 is 0.931 bits per heavy atom. The van der Waals surface area contributed by atoms with Gasteiger partial charge in [-0.2, -0.15) is 0 Å². The van der Waals surface area contributed by atoms with Crippen LogP contribution in [0.1, 0.15) is 185 Å². The van der Waals surface area contributed by atoms with Gasteiger partial charge in [0, 0.05) is 0 Å². The fourth-order valence-electron chi connectivity index (χ4n) is 12.3. The van der Waals surface area contributed by atoms with Crippen LogP contribution in [0, 0.1) is 23.2 Å². The van der Waals surface area contributed by atoms with Gasteiger partial charge in [-0.3, -0.25) is 4.79 Å². The highest BCUT2D eigenvalue weighted by molar-refractivity contribution is 6.79. The van der Waals surface area contributed by atoms with Crippen LogP contribution in [0.5, 0.6) is 0 Å². The summed E-state index contributed by atoms with van der Waals surface area (Å²) in [5.74, 6) is 1.19. The molecule has 1 saturated carbocycles. The Labute approximate surface area is 363 Å². The molecule has 2 rings (SSSR count). The third-order valence-electron chi connectivity index (χ3n) is 15.0. The summed E-state index contributed by atoms with van der Waals surface area (Å²) < 4.78 is 45.7. The molecule has 0 spiro atoms. The SMILES string of the molecule is CC(C)[C@H]1CC[C@H](C)C[C@@H]1O[C@@H]1O[C@H](COC(=O)C(C)(C)C)[C@@H](O[Si](C(C)C)(C(C)C)C(C)C)[C@H](O[Si](C(C)C)(C(C)C)C(C)C)[C@H]1O[Si](C(C)C)(C(C)C)C(C)C. The van der Waals surface area contributed by atoms with E-state index in [1.165, 1.54) is 6.42 Å². The lowest BCUT2D eigenvalue weighted by Crippen LogP contribution is -2.70. The van der Waals surface area contributed by atoms with Gasteiger partial charge in [0.25, 0.3) is 0 Å². The largest absolute Gasteiger partial charge is 0.462 e. The lowest BCUT2D eigenvalue weighted by Gasteiger charge is -2.57. The molecule has 2 aliphatic rings. The molecular formula is C48H98O7Si3. The Hall–Kier alpha value is -0.0794. The summed E-state index contributed by atoms with van der Waals surface area (Å²) in [6, 6.07) is 0. The number of hydrogen-bond acceptors (Lipinski definition) is 7. The van der Waals surface area contributed by atoms with Crippen LogP contribution >= 0.6 is 0 Å². The highest BCUT2D eigenvalue weighted by Crippen LogP contribution is 2.52. The summed E-state index contributed by atoms with van der Waals surface area (Å²) in [6.07, 6.45) is 0.499. The Morgan fingerprint density at radius 1 is 0.569 bits per heavy atom. The summed E-state index contributed by atoms with van der Waals surface area (Å²) in [4.78, 5) is 13.6. The van der Waals surface area contributed by atoms with E-state index >= 15 is 0 Å². The summed E-state index contributed by atoms with van der Waals surface area (Å²) >= 11 is 0. The van der Waals surface area contributed by atoms with Gasteiger partial charge in [0.05, 0.1) is 11.5 Å². The van der Waals surface area contributed by atoms with Crippen molar-refractivity contribution in [1.29, 1.82) is 0 Å². The van der Waals surface area contributed by atoms with Gasteiger partial charge in [0.1, 0.15) is 31.0 Å². The zero-order chi connectivity index (χ0) is 45.0. The van der Waals surface area contributed by atoms with Crippen molar-refractivity contribution in [3.05, 3.63) is 0 Å². The van der Waals surface area contributed by atoms with Gasteiger partial charge in [0.15, 0.2) is 6.29 Å². The van der Waals surface area contributed by atoms with Gasteiger partial charge in [-0.05, 0) is 101 Å². The van der Waals surface area contributed by atoms with Gasteiger partial charge >= 0.3 is 5.97 Å². The van der Waals surface area contributed by atoms with Crippen molar-refractivity contribution in [2.45, 2.75) is 272 Å². The molecule has 2 fully saturated rings. The molecule has 8 atom stereocenters. The number of hydrogen-bond donors (Lipinski definition) is 0. The van der Waals surface area contributed by atoms with Gasteiger partial charge in [-0.25, -0.2) is 0 Å². The smallest absolute Gasteiger partial charge is 0.311 e. The zero-order valence-corrected chi connectivity index (χ0v) is 45.6. The molecule has 344 valence electrons. The van der Waals surface area contributed by atoms with Crippen molar-refractivity contribution in [1.82, 2.24) is 0 Å². The third kappa shape index (κ3) is 11.5. The molecular weight excluding hydrogens is 773 g/mol. The molecule has 0 bridgehead atoms. The summed E-state index contributed by atoms with van der Waals surface area (Å²) in [5.41, 5.74) is 2.35. The molecule has 0 unspecified atom stereocenters. The standard InChI is InChI=1S/C48H98O7Si3/c1-29(2)40-26-25-39(21)27-41(40)51-46-45(55-58(36(15)16,37(17)18)38(19)20)44(54-57(33(9)10,34(11)12)35(13)14)43(42(52-46)28-50-47(49)48(22,23)24)53-56(30(3)4,31(5)6)32(7)8/h29-46H,25-28H2,1-24H3/t39-,40+,41-,42+,43+,44-,45+,46+/m0/s1. The second-order valence-electron chi connectivity index (χ2n) is 23.1. The molecule has 1 heterocycles.